The van der Waals surface area contributed by atoms with Crippen molar-refractivity contribution in [2.45, 2.75) is 16.8 Å². The molecule has 0 bridgehead atoms. The van der Waals surface area contributed by atoms with Gasteiger partial charge < -0.3 is 9.64 Å². The van der Waals surface area contributed by atoms with Crippen molar-refractivity contribution < 1.29 is 9.53 Å². The number of rotatable bonds is 1. The fourth-order valence-electron chi connectivity index (χ4n) is 1.64. The van der Waals surface area contributed by atoms with Crippen LogP contribution in [-0.4, -0.2) is 27.9 Å². The zero-order chi connectivity index (χ0) is 12.5. The van der Waals surface area contributed by atoms with Gasteiger partial charge >= 0.3 is 6.09 Å². The van der Waals surface area contributed by atoms with Crippen LogP contribution in [0.3, 0.4) is 0 Å². The van der Waals surface area contributed by atoms with Gasteiger partial charge in [-0.1, -0.05) is 34.8 Å². The van der Waals surface area contributed by atoms with Gasteiger partial charge in [-0.2, -0.15) is 0 Å². The second kappa shape index (κ2) is 5.22. The van der Waals surface area contributed by atoms with E-state index < -0.39 is 9.89 Å². The van der Waals surface area contributed by atoms with Crippen LogP contribution in [0.2, 0.25) is 0 Å². The molecular formula is C10H10Cl3NO2S. The van der Waals surface area contributed by atoms with Crippen LogP contribution in [0.1, 0.15) is 10.4 Å². The van der Waals surface area contributed by atoms with E-state index in [1.54, 1.807) is 16.2 Å². The molecule has 0 fully saturated rings. The summed E-state index contributed by atoms with van der Waals surface area (Å²) in [6.45, 7) is 0.979. The van der Waals surface area contributed by atoms with Crippen molar-refractivity contribution >= 4 is 52.2 Å². The molecule has 0 N–H and O–H groups in total. The van der Waals surface area contributed by atoms with Crippen molar-refractivity contribution in [1.82, 2.24) is 4.90 Å². The van der Waals surface area contributed by atoms with Crippen LogP contribution < -0.4 is 0 Å². The molecular weight excluding hydrogens is 305 g/mol. The van der Waals surface area contributed by atoms with Crippen molar-refractivity contribution in [3.05, 3.63) is 21.9 Å². The molecule has 0 spiro atoms. The Morgan fingerprint density at radius 2 is 2.29 bits per heavy atom. The molecule has 0 atom stereocenters. The molecule has 0 saturated heterocycles. The third kappa shape index (κ3) is 3.65. The van der Waals surface area contributed by atoms with Crippen molar-refractivity contribution in [2.24, 2.45) is 0 Å². The number of thiophene rings is 1. The number of fused-ring (bicyclic) bond motifs is 1. The standard InChI is InChI=1S/C10H10Cl3NO2S/c11-10(12,13)6-16-9(15)14-3-1-8-7(5-14)2-4-17-8/h2,4H,1,3,5-6H2. The van der Waals surface area contributed by atoms with Crippen LogP contribution in [0, 0.1) is 0 Å². The predicted molar refractivity (Wildman–Crippen MR) is 70.1 cm³/mol. The van der Waals surface area contributed by atoms with E-state index in [0.29, 0.717) is 13.1 Å². The fraction of sp³-hybridized carbons (Fsp3) is 0.500. The number of halogens is 3. The molecule has 2 rings (SSSR count). The molecule has 0 aliphatic carbocycles. The second-order valence-electron chi connectivity index (χ2n) is 3.71. The number of hydrogen-bond acceptors (Lipinski definition) is 3. The first kappa shape index (κ1) is 13.3. The smallest absolute Gasteiger partial charge is 0.410 e. The van der Waals surface area contributed by atoms with Crippen molar-refractivity contribution in [1.29, 1.82) is 0 Å². The number of carbonyl (C=O) groups is 1. The summed E-state index contributed by atoms with van der Waals surface area (Å²) in [5.41, 5.74) is 1.17. The highest BCUT2D eigenvalue weighted by molar-refractivity contribution is 7.10. The van der Waals surface area contributed by atoms with Gasteiger partial charge in [0.2, 0.25) is 3.79 Å². The maximum atomic E-state index is 11.7. The minimum absolute atomic E-state index is 0.233. The Labute approximate surface area is 118 Å². The summed E-state index contributed by atoms with van der Waals surface area (Å²) in [6, 6.07) is 2.02. The monoisotopic (exact) mass is 313 g/mol. The van der Waals surface area contributed by atoms with Gasteiger partial charge in [0.05, 0.1) is 6.54 Å². The minimum atomic E-state index is -1.56. The Kier molecular flexibility index (Phi) is 4.08. The van der Waals surface area contributed by atoms with E-state index in [1.807, 2.05) is 11.4 Å². The molecule has 0 saturated carbocycles. The van der Waals surface area contributed by atoms with Crippen LogP contribution in [0.4, 0.5) is 4.79 Å². The Hall–Kier alpha value is -0.160. The highest BCUT2D eigenvalue weighted by Gasteiger charge is 2.26. The van der Waals surface area contributed by atoms with Gasteiger partial charge in [0, 0.05) is 11.4 Å². The third-order valence-electron chi connectivity index (χ3n) is 2.43. The zero-order valence-corrected chi connectivity index (χ0v) is 11.9. The lowest BCUT2D eigenvalue weighted by atomic mass is 10.1. The summed E-state index contributed by atoms with van der Waals surface area (Å²) in [4.78, 5) is 14.7. The first-order valence-electron chi connectivity index (χ1n) is 4.99. The third-order valence-corrected chi connectivity index (χ3v) is 3.78. The lowest BCUT2D eigenvalue weighted by molar-refractivity contribution is 0.0997. The van der Waals surface area contributed by atoms with Crippen molar-refractivity contribution in [2.75, 3.05) is 13.2 Å². The van der Waals surface area contributed by atoms with Crippen molar-refractivity contribution in [3.8, 4) is 0 Å². The van der Waals surface area contributed by atoms with Crippen LogP contribution >= 0.6 is 46.1 Å². The van der Waals surface area contributed by atoms with Gasteiger partial charge in [-0.25, -0.2) is 4.79 Å². The highest BCUT2D eigenvalue weighted by atomic mass is 35.6. The van der Waals surface area contributed by atoms with Gasteiger partial charge in [0.15, 0.2) is 0 Å². The molecule has 7 heteroatoms. The van der Waals surface area contributed by atoms with Crippen LogP contribution in [-0.2, 0) is 17.7 Å². The SMILES string of the molecule is O=C(OCC(Cl)(Cl)Cl)N1CCc2sccc2C1. The van der Waals surface area contributed by atoms with Crippen LogP contribution in [0.15, 0.2) is 11.4 Å². The molecule has 0 radical (unpaired) electrons. The minimum Gasteiger partial charge on any atom is -0.445 e. The van der Waals surface area contributed by atoms with E-state index in [4.69, 9.17) is 39.5 Å². The lowest BCUT2D eigenvalue weighted by Crippen LogP contribution is -2.37. The molecule has 1 aromatic heterocycles. The first-order chi connectivity index (χ1) is 7.96. The van der Waals surface area contributed by atoms with E-state index in [9.17, 15) is 4.79 Å². The average molecular weight is 315 g/mol. The summed E-state index contributed by atoms with van der Waals surface area (Å²) in [7, 11) is 0. The quantitative estimate of drug-likeness (QED) is 0.741. The average Bonchev–Trinajstić information content (AvgIpc) is 2.71. The Bertz CT molecular complexity index is 416. The molecule has 17 heavy (non-hydrogen) atoms. The van der Waals surface area contributed by atoms with Gasteiger partial charge in [0.1, 0.15) is 6.61 Å². The first-order valence-corrected chi connectivity index (χ1v) is 7.01. The molecule has 2 heterocycles. The van der Waals surface area contributed by atoms with Crippen LogP contribution in [0.25, 0.3) is 0 Å². The highest BCUT2D eigenvalue weighted by Crippen LogP contribution is 2.27. The summed E-state index contributed by atoms with van der Waals surface area (Å²) < 4.78 is 3.38. The summed E-state index contributed by atoms with van der Waals surface area (Å²) in [6.07, 6.45) is 0.420. The van der Waals surface area contributed by atoms with Gasteiger partial charge in [-0.05, 0) is 23.4 Å². The molecule has 1 aliphatic rings. The zero-order valence-electron chi connectivity index (χ0n) is 8.79. The maximum Gasteiger partial charge on any atom is 0.410 e. The summed E-state index contributed by atoms with van der Waals surface area (Å²) >= 11 is 18.3. The molecule has 1 amide bonds. The van der Waals surface area contributed by atoms with Gasteiger partial charge in [0.25, 0.3) is 0 Å². The van der Waals surface area contributed by atoms with Gasteiger partial charge in [-0.15, -0.1) is 11.3 Å². The lowest BCUT2D eigenvalue weighted by Gasteiger charge is -2.26. The normalized spacial score (nSPS) is 15.6. The molecule has 1 aromatic rings. The van der Waals surface area contributed by atoms with E-state index >= 15 is 0 Å². The topological polar surface area (TPSA) is 29.5 Å². The summed E-state index contributed by atoms with van der Waals surface area (Å²) in [5, 5.41) is 2.03. The second-order valence-corrected chi connectivity index (χ2v) is 7.23. The Morgan fingerprint density at radius 3 is 3.00 bits per heavy atom. The van der Waals surface area contributed by atoms with Crippen LogP contribution in [0.5, 0.6) is 0 Å². The molecule has 0 unspecified atom stereocenters. The molecule has 1 aliphatic heterocycles. The fourth-order valence-corrected chi connectivity index (χ4v) is 2.69. The maximum absolute atomic E-state index is 11.7. The summed E-state index contributed by atoms with van der Waals surface area (Å²) in [5.74, 6) is 0. The van der Waals surface area contributed by atoms with Crippen molar-refractivity contribution in [3.63, 3.8) is 0 Å². The van der Waals surface area contributed by atoms with E-state index in [0.717, 1.165) is 6.42 Å². The number of nitrogens with zero attached hydrogens (tertiary/aromatic N) is 1. The van der Waals surface area contributed by atoms with Gasteiger partial charge in [-0.3, -0.25) is 0 Å². The number of alkyl halides is 3. The number of amides is 1. The number of ether oxygens (including phenoxy) is 1. The molecule has 0 aromatic carbocycles. The number of hydrogen-bond donors (Lipinski definition) is 0. The van der Waals surface area contributed by atoms with E-state index in [1.165, 1.54) is 10.4 Å². The molecule has 94 valence electrons. The number of carbonyl (C=O) groups excluding carboxylic acids is 1. The Morgan fingerprint density at radius 1 is 1.53 bits per heavy atom. The van der Waals surface area contributed by atoms with E-state index in [-0.39, 0.29) is 6.61 Å². The largest absolute Gasteiger partial charge is 0.445 e. The van der Waals surface area contributed by atoms with E-state index in [2.05, 4.69) is 0 Å². The molecule has 3 nitrogen and oxygen atoms in total. The Balaban J connectivity index is 1.90. The predicted octanol–water partition coefficient (Wildman–Crippen LogP) is 3.61.